The maximum Gasteiger partial charge on any atom is 0.122 e. The van der Waals surface area contributed by atoms with Crippen LogP contribution in [0.1, 0.15) is 51.5 Å². The minimum atomic E-state index is 0.539. The molecule has 1 aliphatic rings. The number of benzene rings is 1. The molecule has 0 amide bonds. The molecule has 0 aromatic heterocycles. The number of nitrogens with one attached hydrogen (secondary N) is 1. The molecule has 1 saturated heterocycles. The van der Waals surface area contributed by atoms with Gasteiger partial charge in [-0.15, -0.1) is 0 Å². The number of rotatable bonds is 9. The first-order valence-corrected chi connectivity index (χ1v) is 9.33. The molecule has 0 spiro atoms. The zero-order valence-corrected chi connectivity index (χ0v) is 15.1. The molecule has 2 rings (SSSR count). The summed E-state index contributed by atoms with van der Waals surface area (Å²) in [6.45, 7) is 12.7. The van der Waals surface area contributed by atoms with Gasteiger partial charge in [0.1, 0.15) is 18.9 Å². The highest BCUT2D eigenvalue weighted by molar-refractivity contribution is 5.35. The van der Waals surface area contributed by atoms with Crippen LogP contribution in [0.3, 0.4) is 0 Å². The molecule has 1 aromatic rings. The Kier molecular flexibility index (Phi) is 7.90. The van der Waals surface area contributed by atoms with Gasteiger partial charge in [0.05, 0.1) is 26.3 Å². The molecule has 1 aromatic carbocycles. The van der Waals surface area contributed by atoms with Gasteiger partial charge in [-0.25, -0.2) is 0 Å². The molecule has 23 heavy (non-hydrogen) atoms. The van der Waals surface area contributed by atoms with Crippen molar-refractivity contribution in [2.24, 2.45) is 5.92 Å². The number of piperidine rings is 1. The highest BCUT2D eigenvalue weighted by atomic mass is 16.5. The van der Waals surface area contributed by atoms with Crippen molar-refractivity contribution in [1.82, 2.24) is 0 Å². The predicted molar refractivity (Wildman–Crippen MR) is 95.4 cm³/mol. The molecule has 1 aliphatic heterocycles. The first-order valence-electron chi connectivity index (χ1n) is 9.33. The predicted octanol–water partition coefficient (Wildman–Crippen LogP) is 2.91. The molecule has 1 heterocycles. The molecule has 130 valence electrons. The van der Waals surface area contributed by atoms with E-state index < -0.39 is 0 Å². The van der Waals surface area contributed by atoms with Gasteiger partial charge in [-0.1, -0.05) is 39.0 Å². The van der Waals surface area contributed by atoms with E-state index in [9.17, 15) is 0 Å². The molecule has 1 fully saturated rings. The first kappa shape index (κ1) is 18.3. The highest BCUT2D eigenvalue weighted by Gasteiger charge is 2.18. The largest absolute Gasteiger partial charge is 0.491 e. The number of likely N-dealkylation sites (tertiary alicyclic amines) is 1. The number of quaternary nitrogens is 1. The van der Waals surface area contributed by atoms with Crippen LogP contribution in [-0.4, -0.2) is 39.5 Å². The normalized spacial score (nSPS) is 22.7. The van der Waals surface area contributed by atoms with Crippen LogP contribution in [0.15, 0.2) is 24.3 Å². The summed E-state index contributed by atoms with van der Waals surface area (Å²) in [6, 6.07) is 8.38. The average Bonchev–Trinajstić information content (AvgIpc) is 2.59. The fourth-order valence-corrected chi connectivity index (χ4v) is 3.19. The fourth-order valence-electron chi connectivity index (χ4n) is 3.19. The Balaban J connectivity index is 1.61. The van der Waals surface area contributed by atoms with Crippen LogP contribution in [0.5, 0.6) is 5.75 Å². The van der Waals surface area contributed by atoms with Gasteiger partial charge in [-0.2, -0.15) is 0 Å². The quantitative estimate of drug-likeness (QED) is 0.707. The number of hydrogen-bond acceptors (Lipinski definition) is 2. The van der Waals surface area contributed by atoms with E-state index in [1.54, 1.807) is 4.90 Å². The van der Waals surface area contributed by atoms with Crippen LogP contribution in [0.25, 0.3) is 0 Å². The Morgan fingerprint density at radius 1 is 1.13 bits per heavy atom. The summed E-state index contributed by atoms with van der Waals surface area (Å²) in [7, 11) is 0. The van der Waals surface area contributed by atoms with Crippen LogP contribution in [0.4, 0.5) is 0 Å². The van der Waals surface area contributed by atoms with Gasteiger partial charge in [-0.3, -0.25) is 0 Å². The van der Waals surface area contributed by atoms with Crippen LogP contribution in [0.2, 0.25) is 0 Å². The molecule has 3 nitrogen and oxygen atoms in total. The van der Waals surface area contributed by atoms with Gasteiger partial charge < -0.3 is 14.4 Å². The summed E-state index contributed by atoms with van der Waals surface area (Å²) in [4.78, 5) is 1.70. The summed E-state index contributed by atoms with van der Waals surface area (Å²) in [6.07, 6.45) is 3.86. The van der Waals surface area contributed by atoms with Gasteiger partial charge in [-0.05, 0) is 42.7 Å². The lowest BCUT2D eigenvalue weighted by Crippen LogP contribution is -3.13. The Morgan fingerprint density at radius 3 is 2.61 bits per heavy atom. The molecule has 0 radical (unpaired) electrons. The smallest absolute Gasteiger partial charge is 0.122 e. The van der Waals surface area contributed by atoms with Crippen molar-refractivity contribution in [3.8, 4) is 5.75 Å². The van der Waals surface area contributed by atoms with Gasteiger partial charge in [0, 0.05) is 0 Å². The second-order valence-electron chi connectivity index (χ2n) is 6.99. The summed E-state index contributed by atoms with van der Waals surface area (Å²) in [5.41, 5.74) is 1.31. The molecule has 0 saturated carbocycles. The Hall–Kier alpha value is -1.06. The minimum absolute atomic E-state index is 0.539. The monoisotopic (exact) mass is 320 g/mol. The second-order valence-corrected chi connectivity index (χ2v) is 6.99. The van der Waals surface area contributed by atoms with E-state index in [1.807, 2.05) is 6.07 Å². The van der Waals surface area contributed by atoms with Crippen molar-refractivity contribution in [1.29, 1.82) is 0 Å². The van der Waals surface area contributed by atoms with Gasteiger partial charge >= 0.3 is 0 Å². The van der Waals surface area contributed by atoms with E-state index in [1.165, 1.54) is 31.5 Å². The molecule has 3 heteroatoms. The van der Waals surface area contributed by atoms with E-state index in [-0.39, 0.29) is 0 Å². The van der Waals surface area contributed by atoms with Crippen molar-refractivity contribution < 1.29 is 14.4 Å². The third-order valence-corrected chi connectivity index (χ3v) is 5.13. The molecule has 0 bridgehead atoms. The van der Waals surface area contributed by atoms with Crippen molar-refractivity contribution in [3.05, 3.63) is 29.8 Å². The van der Waals surface area contributed by atoms with Crippen LogP contribution in [0, 0.1) is 5.92 Å². The topological polar surface area (TPSA) is 22.9 Å². The van der Waals surface area contributed by atoms with Crippen LogP contribution >= 0.6 is 0 Å². The molecule has 0 aliphatic carbocycles. The van der Waals surface area contributed by atoms with E-state index in [0.29, 0.717) is 19.1 Å². The third-order valence-electron chi connectivity index (χ3n) is 5.13. The Morgan fingerprint density at radius 2 is 1.87 bits per heavy atom. The van der Waals surface area contributed by atoms with E-state index in [0.717, 1.165) is 31.2 Å². The summed E-state index contributed by atoms with van der Waals surface area (Å²) in [5, 5.41) is 0. The average molecular weight is 320 g/mol. The molecule has 1 atom stereocenters. The maximum absolute atomic E-state index is 5.93. The lowest BCUT2D eigenvalue weighted by atomic mass is 9.98. The Bertz CT molecular complexity index is 441. The standard InChI is InChI=1S/C20H33NO2/c1-4-18(3)19-7-5-6-8-20(19)23-16-15-22-14-13-21-11-9-17(2)10-12-21/h5-8,17-18H,4,9-16H2,1-3H3/p+1/t18-/m1/s1. The van der Waals surface area contributed by atoms with E-state index in [2.05, 4.69) is 39.0 Å². The zero-order valence-electron chi connectivity index (χ0n) is 15.1. The van der Waals surface area contributed by atoms with E-state index >= 15 is 0 Å². The maximum atomic E-state index is 5.93. The highest BCUT2D eigenvalue weighted by Crippen LogP contribution is 2.28. The molecule has 1 N–H and O–H groups in total. The summed E-state index contributed by atoms with van der Waals surface area (Å²) < 4.78 is 11.7. The number of ether oxygens (including phenoxy) is 2. The summed E-state index contributed by atoms with van der Waals surface area (Å²) in [5.74, 6) is 2.47. The van der Waals surface area contributed by atoms with Crippen molar-refractivity contribution >= 4 is 0 Å². The zero-order chi connectivity index (χ0) is 16.5. The van der Waals surface area contributed by atoms with Gasteiger partial charge in [0.2, 0.25) is 0 Å². The third kappa shape index (κ3) is 6.15. The lowest BCUT2D eigenvalue weighted by molar-refractivity contribution is -0.906. The van der Waals surface area contributed by atoms with Crippen LogP contribution < -0.4 is 9.64 Å². The van der Waals surface area contributed by atoms with E-state index in [4.69, 9.17) is 9.47 Å². The number of hydrogen-bond donors (Lipinski definition) is 1. The van der Waals surface area contributed by atoms with Gasteiger partial charge in [0.25, 0.3) is 0 Å². The lowest BCUT2D eigenvalue weighted by Gasteiger charge is -2.27. The van der Waals surface area contributed by atoms with Crippen molar-refractivity contribution in [2.75, 3.05) is 39.5 Å². The first-order chi connectivity index (χ1) is 11.2. The van der Waals surface area contributed by atoms with Crippen molar-refractivity contribution in [2.45, 2.75) is 46.0 Å². The fraction of sp³-hybridized carbons (Fsp3) is 0.700. The molecular formula is C20H34NO2+. The second kappa shape index (κ2) is 9.94. The molecule has 0 unspecified atom stereocenters. The molecular weight excluding hydrogens is 286 g/mol. The number of para-hydroxylation sites is 1. The van der Waals surface area contributed by atoms with Crippen LogP contribution in [-0.2, 0) is 4.74 Å². The van der Waals surface area contributed by atoms with Gasteiger partial charge in [0.15, 0.2) is 0 Å². The Labute approximate surface area is 142 Å². The summed E-state index contributed by atoms with van der Waals surface area (Å²) >= 11 is 0. The van der Waals surface area contributed by atoms with Crippen molar-refractivity contribution in [3.63, 3.8) is 0 Å². The SMILES string of the molecule is CC[C@@H](C)c1ccccc1OCCOCC[NH+]1CCC(C)CC1. The minimum Gasteiger partial charge on any atom is -0.491 e.